The van der Waals surface area contributed by atoms with Gasteiger partial charge in [0.15, 0.2) is 5.69 Å². The molecule has 2 aromatic carbocycles. The number of piperidine rings is 1. The van der Waals surface area contributed by atoms with E-state index in [0.29, 0.717) is 25.9 Å². The number of carbonyl (C=O) groups is 3. The van der Waals surface area contributed by atoms with Gasteiger partial charge in [-0.25, -0.2) is 9.59 Å². The van der Waals surface area contributed by atoms with Gasteiger partial charge in [0.2, 0.25) is 0 Å². The van der Waals surface area contributed by atoms with Crippen molar-refractivity contribution in [2.24, 2.45) is 5.92 Å². The van der Waals surface area contributed by atoms with Crippen LogP contribution in [0.15, 0.2) is 67.0 Å². The van der Waals surface area contributed by atoms with Crippen molar-refractivity contribution in [1.29, 1.82) is 0 Å². The Balaban J connectivity index is 1.51. The fourth-order valence-corrected chi connectivity index (χ4v) is 5.81. The summed E-state index contributed by atoms with van der Waals surface area (Å²) in [5, 5.41) is 11.7. The van der Waals surface area contributed by atoms with E-state index in [1.807, 2.05) is 12.1 Å². The maximum atomic E-state index is 14.1. The predicted octanol–water partition coefficient (Wildman–Crippen LogP) is 5.07. The van der Waals surface area contributed by atoms with Crippen LogP contribution in [0, 0.1) is 16.0 Å². The summed E-state index contributed by atoms with van der Waals surface area (Å²) in [7, 11) is 0. The largest absolute Gasteiger partial charge is 0.497 e. The fourth-order valence-electron chi connectivity index (χ4n) is 5.64. The Morgan fingerprint density at radius 2 is 1.75 bits per heavy atom. The van der Waals surface area contributed by atoms with Crippen molar-refractivity contribution in [2.75, 3.05) is 31.1 Å². The van der Waals surface area contributed by atoms with Gasteiger partial charge >= 0.3 is 18.1 Å². The Kier molecular flexibility index (Phi) is 8.57. The number of carbonyl (C=O) groups excluding carboxylic acids is 3. The number of amides is 2. The molecule has 1 aromatic heterocycles. The standard InChI is InChI=1S/C29H26ClF3N5O6/c30-21-5-6-23(24(15-21)37(42)43)27(40)36-16-20-3-1-2-4-25(20)38(26(39)17-36,44-28(41)29(31,32)33)18-19-9-13-35(14-10-19)22-7-11-34-12-8-22/h1-8,11-12,15,19H,9-10,13-14,16-18H2/q+1. The number of halogens is 4. The van der Waals surface area contributed by atoms with Crippen molar-refractivity contribution in [3.8, 4) is 0 Å². The second-order valence-electron chi connectivity index (χ2n) is 10.5. The van der Waals surface area contributed by atoms with E-state index in [4.69, 9.17) is 16.4 Å². The Morgan fingerprint density at radius 1 is 1.07 bits per heavy atom. The van der Waals surface area contributed by atoms with Crippen LogP contribution in [-0.4, -0.2) is 64.9 Å². The van der Waals surface area contributed by atoms with Gasteiger partial charge in [0.1, 0.15) is 18.7 Å². The number of nitro benzene ring substituents is 1. The summed E-state index contributed by atoms with van der Waals surface area (Å²) < 4.78 is 39.5. The molecule has 15 heteroatoms. The number of hydrogen-bond donors (Lipinski definition) is 0. The normalized spacial score (nSPS) is 19.2. The average molecular weight is 633 g/mol. The van der Waals surface area contributed by atoms with Crippen LogP contribution in [0.3, 0.4) is 0 Å². The highest BCUT2D eigenvalue weighted by molar-refractivity contribution is 6.31. The molecule has 0 saturated carbocycles. The molecule has 230 valence electrons. The summed E-state index contributed by atoms with van der Waals surface area (Å²) in [4.78, 5) is 63.2. The molecule has 2 aliphatic rings. The lowest BCUT2D eigenvalue weighted by Crippen LogP contribution is -2.61. The first-order valence-electron chi connectivity index (χ1n) is 13.6. The lowest BCUT2D eigenvalue weighted by atomic mass is 9.95. The number of quaternary nitrogens is 1. The van der Waals surface area contributed by atoms with Gasteiger partial charge in [0.05, 0.1) is 11.5 Å². The van der Waals surface area contributed by atoms with Crippen LogP contribution in [0.4, 0.5) is 30.2 Å². The van der Waals surface area contributed by atoms with Crippen LogP contribution >= 0.6 is 11.6 Å². The first-order valence-corrected chi connectivity index (χ1v) is 14.0. The molecule has 3 aromatic rings. The first-order chi connectivity index (χ1) is 20.9. The van der Waals surface area contributed by atoms with E-state index in [2.05, 4.69) is 9.88 Å². The number of alkyl halides is 3. The van der Waals surface area contributed by atoms with Crippen molar-refractivity contribution >= 4 is 46.4 Å². The second-order valence-corrected chi connectivity index (χ2v) is 11.0. The van der Waals surface area contributed by atoms with Gasteiger partial charge in [-0.15, -0.1) is 0 Å². The number of benzene rings is 2. The monoisotopic (exact) mass is 632 g/mol. The van der Waals surface area contributed by atoms with Crippen molar-refractivity contribution < 1.29 is 37.3 Å². The molecule has 1 fully saturated rings. The van der Waals surface area contributed by atoms with Gasteiger partial charge in [-0.05, 0) is 41.8 Å². The molecule has 11 nitrogen and oxygen atoms in total. The maximum Gasteiger partial charge on any atom is 0.497 e. The fraction of sp³-hybridized carbons (Fsp3) is 0.310. The number of pyridine rings is 1. The van der Waals surface area contributed by atoms with Gasteiger partial charge in [-0.2, -0.15) is 13.2 Å². The van der Waals surface area contributed by atoms with E-state index in [1.54, 1.807) is 18.5 Å². The average Bonchev–Trinajstić information content (AvgIpc) is 3.11. The summed E-state index contributed by atoms with van der Waals surface area (Å²) in [6.07, 6.45) is -1.16. The number of rotatable bonds is 6. The molecule has 5 rings (SSSR count). The van der Waals surface area contributed by atoms with Crippen LogP contribution in [-0.2, 0) is 21.0 Å². The molecule has 0 radical (unpaired) electrons. The van der Waals surface area contributed by atoms with Gasteiger partial charge in [0.25, 0.3) is 11.6 Å². The third-order valence-corrected chi connectivity index (χ3v) is 8.01. The van der Waals surface area contributed by atoms with E-state index < -0.39 is 45.8 Å². The minimum Gasteiger partial charge on any atom is -0.371 e. The van der Waals surface area contributed by atoms with Crippen molar-refractivity contribution in [3.63, 3.8) is 0 Å². The van der Waals surface area contributed by atoms with Gasteiger partial charge in [-0.3, -0.25) is 24.7 Å². The Bertz CT molecular complexity index is 1600. The Hall–Kier alpha value is -4.56. The second kappa shape index (κ2) is 12.2. The summed E-state index contributed by atoms with van der Waals surface area (Å²) in [6, 6.07) is 13.0. The zero-order valence-electron chi connectivity index (χ0n) is 23.1. The number of hydroxylamine groups is 2. The smallest absolute Gasteiger partial charge is 0.371 e. The summed E-state index contributed by atoms with van der Waals surface area (Å²) in [5.41, 5.74) is 0.186. The molecule has 2 amide bonds. The van der Waals surface area contributed by atoms with E-state index in [-0.39, 0.29) is 40.8 Å². The van der Waals surface area contributed by atoms with Crippen LogP contribution in [0.2, 0.25) is 5.02 Å². The van der Waals surface area contributed by atoms with Gasteiger partial charge in [-0.1, -0.05) is 29.8 Å². The molecule has 1 atom stereocenters. The summed E-state index contributed by atoms with van der Waals surface area (Å²) in [5.74, 6) is -4.81. The molecular formula is C29H26ClF3N5O6+. The maximum absolute atomic E-state index is 14.1. The topological polar surface area (TPSA) is 123 Å². The van der Waals surface area contributed by atoms with Gasteiger partial charge < -0.3 is 9.80 Å². The molecule has 0 bridgehead atoms. The molecule has 0 N–H and O–H groups in total. The van der Waals surface area contributed by atoms with E-state index in [1.165, 1.54) is 24.3 Å². The number of anilines is 1. The van der Waals surface area contributed by atoms with E-state index in [0.717, 1.165) is 22.7 Å². The highest BCUT2D eigenvalue weighted by Crippen LogP contribution is 2.38. The zero-order chi connectivity index (χ0) is 31.6. The highest BCUT2D eigenvalue weighted by Gasteiger charge is 2.56. The minimum atomic E-state index is -5.41. The zero-order valence-corrected chi connectivity index (χ0v) is 23.8. The third-order valence-electron chi connectivity index (χ3n) is 7.77. The molecule has 44 heavy (non-hydrogen) atoms. The summed E-state index contributed by atoms with van der Waals surface area (Å²) in [6.45, 7) is -0.311. The van der Waals surface area contributed by atoms with Crippen LogP contribution in [0.25, 0.3) is 0 Å². The lowest BCUT2D eigenvalue weighted by Gasteiger charge is -2.38. The minimum absolute atomic E-state index is 0.00950. The number of aromatic nitrogens is 1. The number of nitrogens with zero attached hydrogens (tertiary/aromatic N) is 5. The first kappa shape index (κ1) is 30.9. The lowest BCUT2D eigenvalue weighted by molar-refractivity contribution is -0.385. The van der Waals surface area contributed by atoms with E-state index >= 15 is 0 Å². The van der Waals surface area contributed by atoms with Gasteiger partial charge in [0, 0.05) is 59.8 Å². The van der Waals surface area contributed by atoms with Crippen LogP contribution in [0.5, 0.6) is 0 Å². The molecule has 1 saturated heterocycles. The number of para-hydroxylation sites is 1. The number of hydrogen-bond acceptors (Lipinski definition) is 8. The molecule has 3 heterocycles. The summed E-state index contributed by atoms with van der Waals surface area (Å²) >= 11 is 5.89. The van der Waals surface area contributed by atoms with Crippen molar-refractivity contribution in [2.45, 2.75) is 25.6 Å². The quantitative estimate of drug-likeness (QED) is 0.210. The number of fused-ring (bicyclic) bond motifs is 1. The SMILES string of the molecule is O=C(c1ccc(Cl)cc1[N+](=O)[O-])N1CC(=O)[N+](CC2CCN(c3ccncc3)CC2)(OC(=O)C(F)(F)F)c2ccccc2C1. The highest BCUT2D eigenvalue weighted by atomic mass is 35.5. The Labute approximate surface area is 254 Å². The molecule has 0 spiro atoms. The Morgan fingerprint density at radius 3 is 2.41 bits per heavy atom. The van der Waals surface area contributed by atoms with Crippen LogP contribution in [0.1, 0.15) is 28.8 Å². The molecular weight excluding hydrogens is 607 g/mol. The molecule has 2 aliphatic heterocycles. The van der Waals surface area contributed by atoms with E-state index in [9.17, 15) is 37.7 Å². The van der Waals surface area contributed by atoms with Crippen LogP contribution < -0.4 is 9.55 Å². The third kappa shape index (κ3) is 6.21. The predicted molar refractivity (Wildman–Crippen MR) is 152 cm³/mol. The number of nitro groups is 1. The molecule has 1 unspecified atom stereocenters. The van der Waals surface area contributed by atoms with Crippen molar-refractivity contribution in [1.82, 2.24) is 14.5 Å². The van der Waals surface area contributed by atoms with Crippen molar-refractivity contribution in [3.05, 3.63) is 93.3 Å². The molecule has 0 aliphatic carbocycles.